The number of rotatable bonds is 2. The van der Waals surface area contributed by atoms with Crippen LogP contribution in [-0.2, 0) is 11.2 Å². The molecule has 0 amide bonds. The van der Waals surface area contributed by atoms with Crippen molar-refractivity contribution in [2.45, 2.75) is 38.2 Å². The van der Waals surface area contributed by atoms with Crippen LogP contribution in [0.25, 0.3) is 0 Å². The zero-order chi connectivity index (χ0) is 12.4. The number of hydrogen-bond acceptors (Lipinski definition) is 3. The Morgan fingerprint density at radius 1 is 1.28 bits per heavy atom. The predicted octanol–water partition coefficient (Wildman–Crippen LogP) is 2.99. The van der Waals surface area contributed by atoms with E-state index in [1.807, 2.05) is 0 Å². The summed E-state index contributed by atoms with van der Waals surface area (Å²) in [5.74, 6) is 0.979. The monoisotopic (exact) mass is 247 g/mol. The third-order valence-electron chi connectivity index (χ3n) is 3.93. The van der Waals surface area contributed by atoms with Crippen LogP contribution in [0.2, 0.25) is 0 Å². The minimum Gasteiger partial charge on any atom is -0.487 e. The van der Waals surface area contributed by atoms with Crippen LogP contribution in [0.4, 0.5) is 5.69 Å². The van der Waals surface area contributed by atoms with Crippen LogP contribution in [0.3, 0.4) is 0 Å². The Balaban J connectivity index is 1.76. The van der Waals surface area contributed by atoms with Crippen molar-refractivity contribution in [2.24, 2.45) is 0 Å². The quantitative estimate of drug-likeness (QED) is 0.871. The lowest BCUT2D eigenvalue weighted by Gasteiger charge is -2.34. The second kappa shape index (κ2) is 4.81. The fourth-order valence-electron chi connectivity index (χ4n) is 2.69. The van der Waals surface area contributed by atoms with Gasteiger partial charge in [0.05, 0.1) is 13.2 Å². The summed E-state index contributed by atoms with van der Waals surface area (Å²) < 4.78 is 11.6. The van der Waals surface area contributed by atoms with Gasteiger partial charge < -0.3 is 14.8 Å². The number of fused-ring (bicyclic) bond motifs is 1. The van der Waals surface area contributed by atoms with Gasteiger partial charge in [0.25, 0.3) is 0 Å². The molecule has 3 nitrogen and oxygen atoms in total. The molecule has 1 fully saturated rings. The molecule has 0 spiro atoms. The average Bonchev–Trinajstić information content (AvgIpc) is 2.39. The first kappa shape index (κ1) is 11.8. The number of anilines is 1. The van der Waals surface area contributed by atoms with Gasteiger partial charge in [0.15, 0.2) is 0 Å². The second-order valence-corrected chi connectivity index (χ2v) is 5.51. The van der Waals surface area contributed by atoms with Crippen molar-refractivity contribution in [1.82, 2.24) is 0 Å². The highest BCUT2D eigenvalue weighted by Crippen LogP contribution is 2.31. The Morgan fingerprint density at radius 3 is 2.94 bits per heavy atom. The van der Waals surface area contributed by atoms with Gasteiger partial charge in [-0.3, -0.25) is 0 Å². The van der Waals surface area contributed by atoms with E-state index >= 15 is 0 Å². The van der Waals surface area contributed by atoms with Gasteiger partial charge in [-0.05, 0) is 31.4 Å². The lowest BCUT2D eigenvalue weighted by atomic mass is 9.96. The molecule has 98 valence electrons. The van der Waals surface area contributed by atoms with Gasteiger partial charge in [-0.25, -0.2) is 0 Å². The van der Waals surface area contributed by atoms with Gasteiger partial charge in [-0.15, -0.1) is 0 Å². The zero-order valence-electron chi connectivity index (χ0n) is 11.0. The fraction of sp³-hybridized carbons (Fsp3) is 0.600. The predicted molar refractivity (Wildman–Crippen MR) is 72.3 cm³/mol. The Hall–Kier alpha value is -1.22. The Morgan fingerprint density at radius 2 is 2.11 bits per heavy atom. The molecule has 1 N–H and O–H groups in total. The highest BCUT2D eigenvalue weighted by atomic mass is 16.5. The molecule has 1 aromatic rings. The number of ether oxygens (including phenoxy) is 2. The molecule has 0 unspecified atom stereocenters. The summed E-state index contributed by atoms with van der Waals surface area (Å²) >= 11 is 0. The van der Waals surface area contributed by atoms with Gasteiger partial charge in [-0.1, -0.05) is 6.07 Å². The molecule has 18 heavy (non-hydrogen) atoms. The van der Waals surface area contributed by atoms with Crippen molar-refractivity contribution in [3.05, 3.63) is 23.8 Å². The lowest BCUT2D eigenvalue weighted by molar-refractivity contribution is -0.0342. The van der Waals surface area contributed by atoms with Crippen LogP contribution in [0.15, 0.2) is 18.2 Å². The van der Waals surface area contributed by atoms with Crippen LogP contribution in [0, 0.1) is 0 Å². The number of nitrogens with one attached hydrogen (secondary N) is 1. The van der Waals surface area contributed by atoms with Crippen molar-refractivity contribution in [1.29, 1.82) is 0 Å². The van der Waals surface area contributed by atoms with E-state index in [1.54, 1.807) is 0 Å². The van der Waals surface area contributed by atoms with E-state index in [-0.39, 0.29) is 5.60 Å². The topological polar surface area (TPSA) is 30.5 Å². The van der Waals surface area contributed by atoms with Crippen molar-refractivity contribution in [3.8, 4) is 5.75 Å². The molecule has 0 aliphatic carbocycles. The first-order valence-corrected chi connectivity index (χ1v) is 6.89. The lowest BCUT2D eigenvalue weighted by Crippen LogP contribution is -2.38. The molecule has 0 aromatic heterocycles. The summed E-state index contributed by atoms with van der Waals surface area (Å²) in [5.41, 5.74) is 2.58. The molecule has 0 radical (unpaired) electrons. The molecule has 0 atom stereocenters. The van der Waals surface area contributed by atoms with E-state index in [0.717, 1.165) is 38.3 Å². The van der Waals surface area contributed by atoms with Gasteiger partial charge in [0.2, 0.25) is 0 Å². The van der Waals surface area contributed by atoms with Crippen LogP contribution < -0.4 is 10.1 Å². The average molecular weight is 247 g/mol. The van der Waals surface area contributed by atoms with E-state index in [4.69, 9.17) is 9.47 Å². The molecule has 2 aliphatic rings. The number of benzene rings is 1. The van der Waals surface area contributed by atoms with E-state index < -0.39 is 0 Å². The molecule has 1 aromatic carbocycles. The third-order valence-corrected chi connectivity index (χ3v) is 3.93. The Bertz CT molecular complexity index is 425. The molecular weight excluding hydrogens is 226 g/mol. The summed E-state index contributed by atoms with van der Waals surface area (Å²) in [4.78, 5) is 0. The highest BCUT2D eigenvalue weighted by molar-refractivity contribution is 5.56. The molecule has 3 rings (SSSR count). The van der Waals surface area contributed by atoms with Crippen LogP contribution in [0.1, 0.15) is 31.7 Å². The van der Waals surface area contributed by atoms with Gasteiger partial charge in [0, 0.05) is 31.1 Å². The van der Waals surface area contributed by atoms with Crippen LogP contribution in [-0.4, -0.2) is 25.4 Å². The fourth-order valence-corrected chi connectivity index (χ4v) is 2.69. The summed E-state index contributed by atoms with van der Waals surface area (Å²) in [7, 11) is 0. The van der Waals surface area contributed by atoms with Gasteiger partial charge >= 0.3 is 0 Å². The SMILES string of the molecule is CC1(Oc2ccc3c(c2)NCCC3)CCOCC1. The van der Waals surface area contributed by atoms with E-state index in [0.29, 0.717) is 0 Å². The summed E-state index contributed by atoms with van der Waals surface area (Å²) in [6, 6.07) is 6.45. The Kier molecular flexibility index (Phi) is 3.16. The summed E-state index contributed by atoms with van der Waals surface area (Å²) in [6.07, 6.45) is 4.34. The highest BCUT2D eigenvalue weighted by Gasteiger charge is 2.29. The maximum Gasteiger partial charge on any atom is 0.122 e. The largest absolute Gasteiger partial charge is 0.487 e. The maximum absolute atomic E-state index is 6.19. The summed E-state index contributed by atoms with van der Waals surface area (Å²) in [6.45, 7) is 4.86. The minimum atomic E-state index is -0.0683. The molecule has 3 heteroatoms. The molecular formula is C15H21NO2. The first-order chi connectivity index (χ1) is 8.75. The summed E-state index contributed by atoms with van der Waals surface area (Å²) in [5, 5.41) is 3.45. The molecule has 1 saturated heterocycles. The molecule has 0 bridgehead atoms. The van der Waals surface area contributed by atoms with E-state index in [1.165, 1.54) is 24.1 Å². The van der Waals surface area contributed by atoms with E-state index in [9.17, 15) is 0 Å². The molecule has 0 saturated carbocycles. The standard InChI is InChI=1S/C15H21NO2/c1-15(6-9-17-10-7-15)18-13-5-4-12-3-2-8-16-14(12)11-13/h4-5,11,16H,2-3,6-10H2,1H3. The van der Waals surface area contributed by atoms with E-state index in [2.05, 4.69) is 30.4 Å². The third kappa shape index (κ3) is 2.46. The first-order valence-electron chi connectivity index (χ1n) is 6.89. The molecule has 2 aliphatic heterocycles. The van der Waals surface area contributed by atoms with Gasteiger partial charge in [0.1, 0.15) is 11.4 Å². The maximum atomic E-state index is 6.19. The normalized spacial score (nSPS) is 21.8. The molecule has 2 heterocycles. The smallest absolute Gasteiger partial charge is 0.122 e. The van der Waals surface area contributed by atoms with Crippen molar-refractivity contribution in [2.75, 3.05) is 25.1 Å². The van der Waals surface area contributed by atoms with Crippen molar-refractivity contribution < 1.29 is 9.47 Å². The second-order valence-electron chi connectivity index (χ2n) is 5.51. The van der Waals surface area contributed by atoms with Gasteiger partial charge in [-0.2, -0.15) is 0 Å². The number of aryl methyl sites for hydroxylation is 1. The van der Waals surface area contributed by atoms with Crippen LogP contribution in [0.5, 0.6) is 5.75 Å². The van der Waals surface area contributed by atoms with Crippen molar-refractivity contribution in [3.63, 3.8) is 0 Å². The number of hydrogen-bond donors (Lipinski definition) is 1. The Labute approximate surface area is 108 Å². The van der Waals surface area contributed by atoms with Crippen molar-refractivity contribution >= 4 is 5.69 Å². The van der Waals surface area contributed by atoms with Crippen LogP contribution >= 0.6 is 0 Å². The minimum absolute atomic E-state index is 0.0683. The zero-order valence-corrected chi connectivity index (χ0v) is 11.0.